The number of nitrogens with zero attached hydrogens (tertiary/aromatic N) is 2. The Balaban J connectivity index is 3.09. The van der Waals surface area contributed by atoms with Crippen LogP contribution in [-0.2, 0) is 9.53 Å². The molecule has 1 atom stereocenters. The van der Waals surface area contributed by atoms with Crippen LogP contribution in [0.25, 0.3) is 0 Å². The maximum absolute atomic E-state index is 12.5. The molecule has 0 aliphatic carbocycles. The molecule has 1 rings (SSSR count). The van der Waals surface area contributed by atoms with Crippen molar-refractivity contribution < 1.29 is 14.7 Å². The van der Waals surface area contributed by atoms with Crippen molar-refractivity contribution in [2.45, 2.75) is 25.9 Å². The molecule has 6 nitrogen and oxygen atoms in total. The number of ether oxygens (including phenoxy) is 1. The number of amides is 1. The minimum absolute atomic E-state index is 0.00214. The van der Waals surface area contributed by atoms with E-state index in [1.54, 1.807) is 38.2 Å². The second-order valence-electron chi connectivity index (χ2n) is 4.69. The van der Waals surface area contributed by atoms with E-state index in [1.165, 1.54) is 12.0 Å². The molecule has 0 saturated heterocycles. The first-order valence-corrected chi connectivity index (χ1v) is 6.31. The van der Waals surface area contributed by atoms with Crippen LogP contribution < -0.4 is 10.6 Å². The number of hydrogen-bond donors (Lipinski definition) is 2. The molecule has 0 radical (unpaired) electrons. The number of rotatable bonds is 5. The zero-order valence-corrected chi connectivity index (χ0v) is 12.3. The number of oxime groups is 1. The fourth-order valence-electron chi connectivity index (χ4n) is 1.79. The number of amidine groups is 1. The fourth-order valence-corrected chi connectivity index (χ4v) is 1.79. The summed E-state index contributed by atoms with van der Waals surface area (Å²) in [6.07, 6.45) is 0.562. The summed E-state index contributed by atoms with van der Waals surface area (Å²) in [5.41, 5.74) is 5.87. The van der Waals surface area contributed by atoms with Crippen LogP contribution >= 0.6 is 0 Å². The Morgan fingerprint density at radius 1 is 1.55 bits per heavy atom. The second kappa shape index (κ2) is 6.38. The van der Waals surface area contributed by atoms with E-state index in [0.717, 1.165) is 0 Å². The largest absolute Gasteiger partial charge is 0.409 e. The van der Waals surface area contributed by atoms with Gasteiger partial charge in [-0.15, -0.1) is 0 Å². The average molecular weight is 279 g/mol. The van der Waals surface area contributed by atoms with Crippen molar-refractivity contribution in [3.05, 3.63) is 29.8 Å². The molecule has 0 spiro atoms. The lowest BCUT2D eigenvalue weighted by molar-refractivity contribution is -0.138. The van der Waals surface area contributed by atoms with Crippen LogP contribution in [0.5, 0.6) is 0 Å². The quantitative estimate of drug-likeness (QED) is 0.370. The van der Waals surface area contributed by atoms with Crippen LogP contribution in [-0.4, -0.2) is 36.7 Å². The third-order valence-electron chi connectivity index (χ3n) is 3.52. The van der Waals surface area contributed by atoms with E-state index in [0.29, 0.717) is 17.7 Å². The number of hydrogen-bond acceptors (Lipinski definition) is 4. The van der Waals surface area contributed by atoms with Gasteiger partial charge in [0.15, 0.2) is 5.84 Å². The van der Waals surface area contributed by atoms with Crippen LogP contribution in [0.15, 0.2) is 29.4 Å². The van der Waals surface area contributed by atoms with E-state index >= 15 is 0 Å². The molecule has 6 heteroatoms. The van der Waals surface area contributed by atoms with Gasteiger partial charge in [-0.3, -0.25) is 4.79 Å². The third kappa shape index (κ3) is 3.08. The maximum atomic E-state index is 12.5. The van der Waals surface area contributed by atoms with Crippen molar-refractivity contribution in [2.75, 3.05) is 19.1 Å². The van der Waals surface area contributed by atoms with Crippen molar-refractivity contribution in [2.24, 2.45) is 10.9 Å². The number of nitrogens with two attached hydrogens (primary N) is 1. The zero-order valence-electron chi connectivity index (χ0n) is 12.3. The number of methoxy groups -OCH3 is 1. The molecule has 0 saturated carbocycles. The zero-order chi connectivity index (χ0) is 15.3. The van der Waals surface area contributed by atoms with Gasteiger partial charge < -0.3 is 20.6 Å². The summed E-state index contributed by atoms with van der Waals surface area (Å²) >= 11 is 0. The maximum Gasteiger partial charge on any atom is 0.258 e. The molecule has 3 N–H and O–H groups in total. The topological polar surface area (TPSA) is 88.2 Å². The Morgan fingerprint density at radius 3 is 2.70 bits per heavy atom. The van der Waals surface area contributed by atoms with Gasteiger partial charge in [-0.25, -0.2) is 0 Å². The van der Waals surface area contributed by atoms with Gasteiger partial charge in [0.05, 0.1) is 0 Å². The van der Waals surface area contributed by atoms with Gasteiger partial charge in [-0.1, -0.05) is 24.2 Å². The minimum Gasteiger partial charge on any atom is -0.409 e. The Kier molecular flexibility index (Phi) is 5.10. The van der Waals surface area contributed by atoms with E-state index in [2.05, 4.69) is 5.16 Å². The molecule has 0 bridgehead atoms. The van der Waals surface area contributed by atoms with Gasteiger partial charge >= 0.3 is 0 Å². The highest BCUT2D eigenvalue weighted by Gasteiger charge is 2.34. The SMILES string of the molecule is CCC(C)(OC)C(=O)N(C)c1cccc(/C(N)=N/O)c1. The molecule has 0 fully saturated rings. The van der Waals surface area contributed by atoms with Crippen molar-refractivity contribution >= 4 is 17.4 Å². The average Bonchev–Trinajstić information content (AvgIpc) is 2.51. The van der Waals surface area contributed by atoms with Gasteiger partial charge in [0.2, 0.25) is 0 Å². The van der Waals surface area contributed by atoms with Gasteiger partial charge in [-0.2, -0.15) is 0 Å². The van der Waals surface area contributed by atoms with Gasteiger partial charge in [0, 0.05) is 25.4 Å². The molecule has 0 heterocycles. The second-order valence-corrected chi connectivity index (χ2v) is 4.69. The highest BCUT2D eigenvalue weighted by atomic mass is 16.5. The summed E-state index contributed by atoms with van der Waals surface area (Å²) < 4.78 is 5.31. The predicted molar refractivity (Wildman–Crippen MR) is 78.1 cm³/mol. The number of carbonyl (C=O) groups excluding carboxylic acids is 1. The van der Waals surface area contributed by atoms with Crippen molar-refractivity contribution in [1.82, 2.24) is 0 Å². The molecule has 1 aromatic rings. The summed E-state index contributed by atoms with van der Waals surface area (Å²) in [6, 6.07) is 6.89. The van der Waals surface area contributed by atoms with E-state index < -0.39 is 5.60 Å². The Morgan fingerprint density at radius 2 is 2.20 bits per heavy atom. The van der Waals surface area contributed by atoms with E-state index in [9.17, 15) is 4.79 Å². The Labute approximate surface area is 118 Å². The van der Waals surface area contributed by atoms with Crippen molar-refractivity contribution in [3.8, 4) is 0 Å². The molecule has 1 amide bonds. The van der Waals surface area contributed by atoms with E-state index in [1.807, 2.05) is 6.92 Å². The lowest BCUT2D eigenvalue weighted by atomic mass is 10.0. The Hall–Kier alpha value is -2.08. The fraction of sp³-hybridized carbons (Fsp3) is 0.429. The number of benzene rings is 1. The molecule has 0 aliphatic rings. The normalized spacial score (nSPS) is 14.7. The monoisotopic (exact) mass is 279 g/mol. The molecule has 110 valence electrons. The molecule has 0 aliphatic heterocycles. The number of likely N-dealkylation sites (N-methyl/N-ethyl adjacent to an activating group) is 1. The van der Waals surface area contributed by atoms with Gasteiger partial charge in [-0.05, 0) is 25.5 Å². The summed E-state index contributed by atoms with van der Waals surface area (Å²) in [5, 5.41) is 11.6. The van der Waals surface area contributed by atoms with Crippen LogP contribution in [0.4, 0.5) is 5.69 Å². The molecular weight excluding hydrogens is 258 g/mol. The standard InChI is InChI=1S/C14H21N3O3/c1-5-14(2,20-4)13(18)17(3)11-8-6-7-10(9-11)12(15)16-19/h6-9,19H,5H2,1-4H3,(H2,15,16). The third-order valence-corrected chi connectivity index (χ3v) is 3.52. The number of anilines is 1. The van der Waals surface area contributed by atoms with Crippen molar-refractivity contribution in [3.63, 3.8) is 0 Å². The summed E-state index contributed by atoms with van der Waals surface area (Å²) in [7, 11) is 3.18. The first-order valence-electron chi connectivity index (χ1n) is 6.31. The summed E-state index contributed by atoms with van der Waals surface area (Å²) in [4.78, 5) is 14.0. The number of carbonyl (C=O) groups is 1. The summed E-state index contributed by atoms with van der Waals surface area (Å²) in [5.74, 6) is -0.156. The van der Waals surface area contributed by atoms with E-state index in [4.69, 9.17) is 15.7 Å². The van der Waals surface area contributed by atoms with Crippen LogP contribution in [0.2, 0.25) is 0 Å². The highest BCUT2D eigenvalue weighted by molar-refractivity contribution is 6.01. The summed E-state index contributed by atoms with van der Waals surface area (Å²) in [6.45, 7) is 3.64. The molecular formula is C14H21N3O3. The molecule has 20 heavy (non-hydrogen) atoms. The molecule has 1 aromatic carbocycles. The van der Waals surface area contributed by atoms with Crippen LogP contribution in [0.3, 0.4) is 0 Å². The first-order chi connectivity index (χ1) is 9.39. The Bertz CT molecular complexity index is 510. The lowest BCUT2D eigenvalue weighted by Gasteiger charge is -2.30. The lowest BCUT2D eigenvalue weighted by Crippen LogP contribution is -2.46. The van der Waals surface area contributed by atoms with Gasteiger partial charge in [0.1, 0.15) is 5.60 Å². The predicted octanol–water partition coefficient (Wildman–Crippen LogP) is 1.56. The first kappa shape index (κ1) is 16.0. The van der Waals surface area contributed by atoms with Crippen molar-refractivity contribution in [1.29, 1.82) is 0 Å². The van der Waals surface area contributed by atoms with Crippen LogP contribution in [0, 0.1) is 0 Å². The van der Waals surface area contributed by atoms with Gasteiger partial charge in [0.25, 0.3) is 5.91 Å². The highest BCUT2D eigenvalue weighted by Crippen LogP contribution is 2.22. The minimum atomic E-state index is -0.874. The van der Waals surface area contributed by atoms with Crippen LogP contribution in [0.1, 0.15) is 25.8 Å². The molecule has 0 aromatic heterocycles. The van der Waals surface area contributed by atoms with E-state index in [-0.39, 0.29) is 11.7 Å². The smallest absolute Gasteiger partial charge is 0.258 e. The molecule has 1 unspecified atom stereocenters.